The van der Waals surface area contributed by atoms with Crippen LogP contribution in [0.3, 0.4) is 0 Å². The van der Waals surface area contributed by atoms with Gasteiger partial charge in [0.25, 0.3) is 0 Å². The largest absolute Gasteiger partial charge is 0.496 e. The predicted octanol–water partition coefficient (Wildman–Crippen LogP) is 2.57. The summed E-state index contributed by atoms with van der Waals surface area (Å²) in [5.41, 5.74) is 0.699. The predicted molar refractivity (Wildman–Crippen MR) is 77.6 cm³/mol. The zero-order valence-electron chi connectivity index (χ0n) is 11.6. The second-order valence-electron chi connectivity index (χ2n) is 4.82. The van der Waals surface area contributed by atoms with E-state index in [1.165, 1.54) is 7.11 Å². The van der Waals surface area contributed by atoms with Crippen LogP contribution < -0.4 is 4.74 Å². The van der Waals surface area contributed by atoms with Gasteiger partial charge in [-0.15, -0.1) is 0 Å². The third-order valence-electron chi connectivity index (χ3n) is 3.40. The average molecular weight is 288 g/mol. The van der Waals surface area contributed by atoms with E-state index < -0.39 is 24.3 Å². The van der Waals surface area contributed by atoms with Crippen LogP contribution >= 0.6 is 0 Å². The first-order valence-electron chi connectivity index (χ1n) is 6.52. The third-order valence-corrected chi connectivity index (χ3v) is 3.40. The summed E-state index contributed by atoms with van der Waals surface area (Å²) in [6, 6.07) is 11.3. The summed E-state index contributed by atoms with van der Waals surface area (Å²) in [7, 11) is 1.53. The smallest absolute Gasteiger partial charge is 0.307 e. The molecular weight excluding hydrogens is 272 g/mol. The van der Waals surface area contributed by atoms with Crippen molar-refractivity contribution in [3.63, 3.8) is 0 Å². The molecule has 110 valence electrons. The summed E-state index contributed by atoms with van der Waals surface area (Å²) in [6.45, 7) is 0. The van der Waals surface area contributed by atoms with E-state index in [4.69, 9.17) is 14.9 Å². The van der Waals surface area contributed by atoms with Crippen LogP contribution in [0.25, 0.3) is 10.8 Å². The highest BCUT2D eigenvalue weighted by molar-refractivity contribution is 5.90. The minimum Gasteiger partial charge on any atom is -0.496 e. The molecule has 0 amide bonds. The highest BCUT2D eigenvalue weighted by atomic mass is 16.5. The topological polar surface area (TPSA) is 83.8 Å². The van der Waals surface area contributed by atoms with Gasteiger partial charge in [0.2, 0.25) is 0 Å². The molecule has 0 aromatic heterocycles. The Balaban J connectivity index is 2.41. The van der Waals surface area contributed by atoms with E-state index in [0.29, 0.717) is 11.3 Å². The van der Waals surface area contributed by atoms with Crippen LogP contribution in [0.5, 0.6) is 5.75 Å². The van der Waals surface area contributed by atoms with Crippen molar-refractivity contribution in [2.24, 2.45) is 5.92 Å². The minimum absolute atomic E-state index is 0.121. The molecule has 0 bridgehead atoms. The van der Waals surface area contributed by atoms with Crippen molar-refractivity contribution in [2.75, 3.05) is 7.11 Å². The van der Waals surface area contributed by atoms with E-state index in [2.05, 4.69) is 0 Å². The number of methoxy groups -OCH3 is 1. The number of fused-ring (bicyclic) bond motifs is 1. The fourth-order valence-electron chi connectivity index (χ4n) is 2.41. The molecule has 0 aliphatic rings. The first-order chi connectivity index (χ1) is 10.0. The first kappa shape index (κ1) is 14.8. The fourth-order valence-corrected chi connectivity index (χ4v) is 2.41. The van der Waals surface area contributed by atoms with E-state index in [-0.39, 0.29) is 6.42 Å². The van der Waals surface area contributed by atoms with Gasteiger partial charge >= 0.3 is 11.9 Å². The van der Waals surface area contributed by atoms with Gasteiger partial charge in [-0.1, -0.05) is 36.4 Å². The molecule has 5 heteroatoms. The van der Waals surface area contributed by atoms with Crippen molar-refractivity contribution in [1.82, 2.24) is 0 Å². The standard InChI is InChI=1S/C16H16O5/c1-21-15-11(8-12(16(19)20)9-14(17)18)7-6-10-4-2-3-5-13(10)15/h2-7,12H,8-9H2,1H3,(H,17,18)(H,19,20)/t12-/m0/s1. The van der Waals surface area contributed by atoms with Gasteiger partial charge in [0.15, 0.2) is 0 Å². The third kappa shape index (κ3) is 3.31. The maximum atomic E-state index is 11.2. The van der Waals surface area contributed by atoms with Gasteiger partial charge in [-0.25, -0.2) is 0 Å². The highest BCUT2D eigenvalue weighted by Crippen LogP contribution is 2.31. The Morgan fingerprint density at radius 2 is 1.86 bits per heavy atom. The van der Waals surface area contributed by atoms with Crippen LogP contribution in [0, 0.1) is 5.92 Å². The molecule has 0 fully saturated rings. The molecule has 1 atom stereocenters. The van der Waals surface area contributed by atoms with Crippen LogP contribution in [0.4, 0.5) is 0 Å². The van der Waals surface area contributed by atoms with Crippen molar-refractivity contribution in [2.45, 2.75) is 12.8 Å². The lowest BCUT2D eigenvalue weighted by Gasteiger charge is -2.15. The van der Waals surface area contributed by atoms with Crippen molar-refractivity contribution in [3.05, 3.63) is 42.0 Å². The van der Waals surface area contributed by atoms with Gasteiger partial charge in [0.1, 0.15) is 5.75 Å². The van der Waals surface area contributed by atoms with E-state index in [1.54, 1.807) is 6.07 Å². The Labute approximate surface area is 121 Å². The molecule has 0 radical (unpaired) electrons. The maximum Gasteiger partial charge on any atom is 0.307 e. The molecular formula is C16H16O5. The molecule has 0 aliphatic carbocycles. The van der Waals surface area contributed by atoms with Crippen LogP contribution in [0.2, 0.25) is 0 Å². The number of carbonyl (C=O) groups is 2. The zero-order valence-corrected chi connectivity index (χ0v) is 11.6. The SMILES string of the molecule is COc1c(C[C@@H](CC(=O)O)C(=O)O)ccc2ccccc12. The Morgan fingerprint density at radius 3 is 2.48 bits per heavy atom. The summed E-state index contributed by atoms with van der Waals surface area (Å²) in [5, 5.41) is 19.8. The number of rotatable bonds is 6. The lowest BCUT2D eigenvalue weighted by molar-refractivity contribution is -0.148. The van der Waals surface area contributed by atoms with Gasteiger partial charge < -0.3 is 14.9 Å². The summed E-state index contributed by atoms with van der Waals surface area (Å²) in [4.78, 5) is 22.0. The molecule has 0 heterocycles. The summed E-state index contributed by atoms with van der Waals surface area (Å²) in [5.74, 6) is -2.61. The minimum atomic E-state index is -1.12. The summed E-state index contributed by atoms with van der Waals surface area (Å²) in [6.07, 6.45) is -0.291. The monoisotopic (exact) mass is 288 g/mol. The van der Waals surface area contributed by atoms with E-state index in [1.807, 2.05) is 30.3 Å². The Bertz CT molecular complexity index is 677. The average Bonchev–Trinajstić information content (AvgIpc) is 2.45. The van der Waals surface area contributed by atoms with Crippen LogP contribution in [-0.4, -0.2) is 29.3 Å². The molecule has 0 saturated heterocycles. The summed E-state index contributed by atoms with van der Waals surface area (Å²) >= 11 is 0. The molecule has 2 N–H and O–H groups in total. The molecule has 0 saturated carbocycles. The van der Waals surface area contributed by atoms with Crippen molar-refractivity contribution >= 4 is 22.7 Å². The van der Waals surface area contributed by atoms with Crippen molar-refractivity contribution in [1.29, 1.82) is 0 Å². The number of aliphatic carboxylic acids is 2. The van der Waals surface area contributed by atoms with Crippen molar-refractivity contribution in [3.8, 4) is 5.75 Å². The quantitative estimate of drug-likeness (QED) is 0.853. The van der Waals surface area contributed by atoms with Crippen LogP contribution in [0.1, 0.15) is 12.0 Å². The second kappa shape index (κ2) is 6.26. The lowest BCUT2D eigenvalue weighted by Crippen LogP contribution is -2.20. The summed E-state index contributed by atoms with van der Waals surface area (Å²) < 4.78 is 5.40. The van der Waals surface area contributed by atoms with Crippen LogP contribution in [0.15, 0.2) is 36.4 Å². The molecule has 0 unspecified atom stereocenters. The fraction of sp³-hybridized carbons (Fsp3) is 0.250. The maximum absolute atomic E-state index is 11.2. The first-order valence-corrected chi connectivity index (χ1v) is 6.52. The number of carboxylic acid groups (broad SMARTS) is 2. The molecule has 2 aromatic rings. The molecule has 21 heavy (non-hydrogen) atoms. The van der Waals surface area contributed by atoms with E-state index >= 15 is 0 Å². The van der Waals surface area contributed by atoms with Gasteiger partial charge in [0, 0.05) is 5.39 Å². The lowest BCUT2D eigenvalue weighted by atomic mass is 9.94. The molecule has 5 nitrogen and oxygen atoms in total. The molecule has 2 rings (SSSR count). The molecule has 0 aliphatic heterocycles. The number of benzene rings is 2. The number of hydrogen-bond donors (Lipinski definition) is 2. The van der Waals surface area contributed by atoms with E-state index in [0.717, 1.165) is 10.8 Å². The Hall–Kier alpha value is -2.56. The second-order valence-corrected chi connectivity index (χ2v) is 4.82. The van der Waals surface area contributed by atoms with Gasteiger partial charge in [-0.3, -0.25) is 9.59 Å². The molecule has 0 spiro atoms. The van der Waals surface area contributed by atoms with Crippen molar-refractivity contribution < 1.29 is 24.5 Å². The number of carboxylic acids is 2. The van der Waals surface area contributed by atoms with E-state index in [9.17, 15) is 9.59 Å². The zero-order chi connectivity index (χ0) is 15.4. The number of hydrogen-bond acceptors (Lipinski definition) is 3. The highest BCUT2D eigenvalue weighted by Gasteiger charge is 2.23. The van der Waals surface area contributed by atoms with Gasteiger partial charge in [-0.2, -0.15) is 0 Å². The molecule has 2 aromatic carbocycles. The Kier molecular flexibility index (Phi) is 4.42. The number of ether oxygens (including phenoxy) is 1. The van der Waals surface area contributed by atoms with Crippen LogP contribution in [-0.2, 0) is 16.0 Å². The Morgan fingerprint density at radius 1 is 1.14 bits per heavy atom. The normalized spacial score (nSPS) is 12.0. The van der Waals surface area contributed by atoms with Gasteiger partial charge in [0.05, 0.1) is 19.4 Å². The van der Waals surface area contributed by atoms with Gasteiger partial charge in [-0.05, 0) is 17.4 Å².